The molecule has 0 saturated carbocycles. The van der Waals surface area contributed by atoms with Gasteiger partial charge in [-0.3, -0.25) is 19.2 Å². The van der Waals surface area contributed by atoms with Crippen LogP contribution in [0.2, 0.25) is 0 Å². The van der Waals surface area contributed by atoms with Crippen molar-refractivity contribution in [3.05, 3.63) is 23.8 Å². The minimum Gasteiger partial charge on any atom is -0.444 e. The van der Waals surface area contributed by atoms with E-state index in [0.29, 0.717) is 63.0 Å². The van der Waals surface area contributed by atoms with Crippen molar-refractivity contribution in [3.63, 3.8) is 0 Å². The number of carbonyl (C=O) groups is 6. The molecule has 0 spiro atoms. The van der Waals surface area contributed by atoms with E-state index in [2.05, 4.69) is 52.5 Å². The van der Waals surface area contributed by atoms with Crippen molar-refractivity contribution < 1.29 is 38.2 Å². The standard InChI is InChI=1S/C40H68N12O8/c1-25(2)19-31-35(55)45-29(15-11-13-17-41-37(57)59-39(5,6)7)33(53)44-22-28-24-52(50-48-28)32(20-26(3)4)36(56)46-30(34(54)43-21-27-23-51(31)49-47-27)16-12-14-18-42-38(58)60-40(8,9)10/h23-26,29-32H,11-22H2,1-10H3,(H,41,57)(H,42,58)(H,43,54)(H,44,53)(H,45,55)(H,46,56)/t29-,30-,31+,32+/m0/s1. The van der Waals surface area contributed by atoms with Crippen LogP contribution in [0.1, 0.15) is 144 Å². The van der Waals surface area contributed by atoms with E-state index in [-0.39, 0.29) is 37.8 Å². The first-order valence-electron chi connectivity index (χ1n) is 21.0. The molecule has 0 aliphatic carbocycles. The van der Waals surface area contributed by atoms with Crippen molar-refractivity contribution in [1.82, 2.24) is 61.9 Å². The van der Waals surface area contributed by atoms with E-state index < -0.39 is 71.2 Å². The number of hydrogen-bond acceptors (Lipinski definition) is 12. The average Bonchev–Trinajstić information content (AvgIpc) is 3.80. The predicted octanol–water partition coefficient (Wildman–Crippen LogP) is 3.35. The molecule has 60 heavy (non-hydrogen) atoms. The molecule has 2 aromatic rings. The molecule has 1 aliphatic heterocycles. The highest BCUT2D eigenvalue weighted by Gasteiger charge is 2.31. The number of amides is 6. The van der Waals surface area contributed by atoms with Gasteiger partial charge in [0.1, 0.15) is 46.8 Å². The second-order valence-electron chi connectivity index (χ2n) is 18.1. The fourth-order valence-electron chi connectivity index (χ4n) is 6.29. The summed E-state index contributed by atoms with van der Waals surface area (Å²) in [7, 11) is 0. The number of aromatic nitrogens is 6. The van der Waals surface area contributed by atoms with Crippen LogP contribution in [0.5, 0.6) is 0 Å². The Balaban J connectivity index is 1.86. The molecule has 1 aliphatic rings. The van der Waals surface area contributed by atoms with Crippen LogP contribution in [-0.2, 0) is 41.7 Å². The van der Waals surface area contributed by atoms with Crippen molar-refractivity contribution in [2.75, 3.05) is 13.1 Å². The molecule has 0 saturated heterocycles. The van der Waals surface area contributed by atoms with Crippen LogP contribution >= 0.6 is 0 Å². The number of nitrogens with zero attached hydrogens (tertiary/aromatic N) is 6. The molecule has 0 fully saturated rings. The summed E-state index contributed by atoms with van der Waals surface area (Å²) < 4.78 is 13.5. The second-order valence-corrected chi connectivity index (χ2v) is 18.1. The van der Waals surface area contributed by atoms with Crippen LogP contribution in [0.4, 0.5) is 9.59 Å². The van der Waals surface area contributed by atoms with Gasteiger partial charge in [-0.25, -0.2) is 19.0 Å². The van der Waals surface area contributed by atoms with Crippen molar-refractivity contribution in [2.24, 2.45) is 11.8 Å². The molecule has 4 bridgehead atoms. The van der Waals surface area contributed by atoms with Crippen molar-refractivity contribution in [2.45, 2.75) is 169 Å². The molecule has 20 heteroatoms. The van der Waals surface area contributed by atoms with Gasteiger partial charge < -0.3 is 41.4 Å². The molecule has 3 rings (SSSR count). The van der Waals surface area contributed by atoms with Crippen LogP contribution < -0.4 is 31.9 Å². The zero-order valence-corrected chi connectivity index (χ0v) is 37.1. The molecule has 0 aromatic carbocycles. The summed E-state index contributed by atoms with van der Waals surface area (Å²) in [5.41, 5.74) is -0.517. The molecule has 0 unspecified atom stereocenters. The molecule has 6 N–H and O–H groups in total. The minimum atomic E-state index is -0.943. The molecule has 4 atom stereocenters. The minimum absolute atomic E-state index is 0.0361. The molecular formula is C40H68N12O8. The first-order valence-corrected chi connectivity index (χ1v) is 21.0. The lowest BCUT2D eigenvalue weighted by molar-refractivity contribution is -0.131. The maximum atomic E-state index is 14.0. The van der Waals surface area contributed by atoms with Gasteiger partial charge in [-0.1, -0.05) is 38.1 Å². The molecule has 336 valence electrons. The number of unbranched alkanes of at least 4 members (excludes halogenated alkanes) is 2. The summed E-state index contributed by atoms with van der Waals surface area (Å²) >= 11 is 0. The zero-order chi connectivity index (χ0) is 44.6. The van der Waals surface area contributed by atoms with E-state index in [1.54, 1.807) is 53.9 Å². The topological polar surface area (TPSA) is 254 Å². The van der Waals surface area contributed by atoms with Crippen molar-refractivity contribution in [1.29, 1.82) is 0 Å². The number of rotatable bonds is 14. The summed E-state index contributed by atoms with van der Waals surface area (Å²) in [5, 5.41) is 33.9. The Labute approximate surface area is 353 Å². The summed E-state index contributed by atoms with van der Waals surface area (Å²) in [6, 6.07) is -3.53. The third-order valence-corrected chi connectivity index (χ3v) is 9.08. The summed E-state index contributed by atoms with van der Waals surface area (Å²) in [6.45, 7) is 19.1. The zero-order valence-electron chi connectivity index (χ0n) is 37.1. The summed E-state index contributed by atoms with van der Waals surface area (Å²) in [5.74, 6) is -1.63. The number of carbonyl (C=O) groups excluding carboxylic acids is 6. The highest BCUT2D eigenvalue weighted by Crippen LogP contribution is 2.20. The molecule has 0 radical (unpaired) electrons. The lowest BCUT2D eigenvalue weighted by Crippen LogP contribution is -2.49. The van der Waals surface area contributed by atoms with Gasteiger partial charge in [0.15, 0.2) is 0 Å². The van der Waals surface area contributed by atoms with E-state index in [1.807, 2.05) is 27.7 Å². The number of fused-ring (bicyclic) bond motifs is 4. The maximum absolute atomic E-state index is 14.0. The Hall–Kier alpha value is -5.30. The average molecular weight is 845 g/mol. The molecule has 3 heterocycles. The van der Waals surface area contributed by atoms with Gasteiger partial charge in [0.2, 0.25) is 23.6 Å². The third-order valence-electron chi connectivity index (χ3n) is 9.08. The van der Waals surface area contributed by atoms with E-state index >= 15 is 0 Å². The van der Waals surface area contributed by atoms with E-state index in [0.717, 1.165) is 0 Å². The SMILES string of the molecule is CC(C)C[C@@H]1C(=O)N[C@@H](CCCCNC(=O)OC(C)(C)C)C(=O)NCc2cn(nn2)[C@H](CC(C)C)C(=O)N[C@@H](CCCCNC(=O)OC(C)(C)C)C(=O)NCc2cn1nn2. The largest absolute Gasteiger partial charge is 0.444 e. The lowest BCUT2D eigenvalue weighted by atomic mass is 10.0. The highest BCUT2D eigenvalue weighted by atomic mass is 16.6. The van der Waals surface area contributed by atoms with Gasteiger partial charge in [-0.15, -0.1) is 10.2 Å². The molecule has 20 nitrogen and oxygen atoms in total. The summed E-state index contributed by atoms with van der Waals surface area (Å²) in [6.07, 6.45) is 5.39. The monoisotopic (exact) mass is 845 g/mol. The van der Waals surface area contributed by atoms with Crippen molar-refractivity contribution in [3.8, 4) is 0 Å². The maximum Gasteiger partial charge on any atom is 0.407 e. The van der Waals surface area contributed by atoms with Gasteiger partial charge >= 0.3 is 12.2 Å². The number of hydrogen-bond donors (Lipinski definition) is 6. The fraction of sp³-hybridized carbons (Fsp3) is 0.750. The Morgan fingerprint density at radius 2 is 1.02 bits per heavy atom. The van der Waals surface area contributed by atoms with Gasteiger partial charge in [-0.2, -0.15) is 0 Å². The number of alkyl carbamates (subject to hydrolysis) is 2. The molecular weight excluding hydrogens is 777 g/mol. The normalized spacial score (nSPS) is 19.8. The van der Waals surface area contributed by atoms with Crippen LogP contribution in [-0.4, -0.2) is 102 Å². The third kappa shape index (κ3) is 17.9. The van der Waals surface area contributed by atoms with Gasteiger partial charge in [0.25, 0.3) is 0 Å². The van der Waals surface area contributed by atoms with E-state index in [1.165, 1.54) is 9.36 Å². The molecule has 2 aromatic heterocycles. The second kappa shape index (κ2) is 22.9. The van der Waals surface area contributed by atoms with E-state index in [9.17, 15) is 28.8 Å². The van der Waals surface area contributed by atoms with Gasteiger partial charge in [0.05, 0.1) is 25.5 Å². The Kier molecular flexibility index (Phi) is 18.7. The van der Waals surface area contributed by atoms with Gasteiger partial charge in [0, 0.05) is 13.1 Å². The van der Waals surface area contributed by atoms with Crippen LogP contribution in [0, 0.1) is 11.8 Å². The first-order chi connectivity index (χ1) is 28.1. The Morgan fingerprint density at radius 3 is 1.35 bits per heavy atom. The Morgan fingerprint density at radius 1 is 0.650 bits per heavy atom. The van der Waals surface area contributed by atoms with Crippen LogP contribution in [0.3, 0.4) is 0 Å². The Bertz CT molecular complexity index is 1600. The number of ether oxygens (including phenoxy) is 2. The first kappa shape index (κ1) is 49.1. The van der Waals surface area contributed by atoms with Crippen molar-refractivity contribution >= 4 is 35.8 Å². The van der Waals surface area contributed by atoms with Gasteiger partial charge in [-0.05, 0) is 105 Å². The fourth-order valence-corrected chi connectivity index (χ4v) is 6.29. The lowest BCUT2D eigenvalue weighted by Gasteiger charge is -2.24. The number of nitrogens with one attached hydrogen (secondary N) is 6. The summed E-state index contributed by atoms with van der Waals surface area (Å²) in [4.78, 5) is 79.7. The quantitative estimate of drug-likeness (QED) is 0.150. The predicted molar refractivity (Wildman–Crippen MR) is 221 cm³/mol. The van der Waals surface area contributed by atoms with Crippen LogP contribution in [0.25, 0.3) is 0 Å². The smallest absolute Gasteiger partial charge is 0.407 e. The highest BCUT2D eigenvalue weighted by molar-refractivity contribution is 5.90. The molecule has 6 amide bonds. The van der Waals surface area contributed by atoms with Crippen LogP contribution in [0.15, 0.2) is 12.4 Å². The van der Waals surface area contributed by atoms with E-state index in [4.69, 9.17) is 9.47 Å².